The molecule has 0 spiro atoms. The first kappa shape index (κ1) is 23.3. The SMILES string of the molecule is Cc1cnc(Nc2cccc(S(=O)(=O)NCc3cccnc3)c2)nc1N[C@@H](CO)CI. The van der Waals surface area contributed by atoms with Crippen molar-refractivity contribution in [3.8, 4) is 0 Å². The number of hydrogen-bond donors (Lipinski definition) is 4. The number of halogens is 1. The van der Waals surface area contributed by atoms with E-state index in [9.17, 15) is 13.5 Å². The van der Waals surface area contributed by atoms with Gasteiger partial charge in [0.1, 0.15) is 5.82 Å². The molecular formula is C20H23IN6O3S. The molecule has 2 aromatic heterocycles. The molecule has 0 radical (unpaired) electrons. The fourth-order valence-electron chi connectivity index (χ4n) is 2.61. The Morgan fingerprint density at radius 3 is 2.74 bits per heavy atom. The minimum absolute atomic E-state index is 0.0128. The number of rotatable bonds is 10. The number of sulfonamides is 1. The summed E-state index contributed by atoms with van der Waals surface area (Å²) >= 11 is 2.19. The molecule has 11 heteroatoms. The predicted octanol–water partition coefficient (Wildman–Crippen LogP) is 2.61. The molecule has 0 saturated carbocycles. The summed E-state index contributed by atoms with van der Waals surface area (Å²) in [5, 5.41) is 15.6. The molecule has 2 heterocycles. The summed E-state index contributed by atoms with van der Waals surface area (Å²) in [6.07, 6.45) is 4.91. The van der Waals surface area contributed by atoms with Crippen LogP contribution in [0.5, 0.6) is 0 Å². The van der Waals surface area contributed by atoms with Crippen LogP contribution in [0.3, 0.4) is 0 Å². The lowest BCUT2D eigenvalue weighted by atomic mass is 10.3. The van der Waals surface area contributed by atoms with Crippen LogP contribution in [0.1, 0.15) is 11.1 Å². The summed E-state index contributed by atoms with van der Waals surface area (Å²) in [6.45, 7) is 2.00. The van der Waals surface area contributed by atoms with Crippen molar-refractivity contribution in [2.45, 2.75) is 24.4 Å². The van der Waals surface area contributed by atoms with E-state index < -0.39 is 10.0 Å². The highest BCUT2D eigenvalue weighted by atomic mass is 127. The van der Waals surface area contributed by atoms with Crippen molar-refractivity contribution in [3.63, 3.8) is 0 Å². The number of aryl methyl sites for hydroxylation is 1. The zero-order valence-electron chi connectivity index (χ0n) is 16.8. The molecule has 9 nitrogen and oxygen atoms in total. The molecule has 0 aliphatic rings. The molecule has 1 aromatic carbocycles. The van der Waals surface area contributed by atoms with E-state index in [-0.39, 0.29) is 24.1 Å². The van der Waals surface area contributed by atoms with Crippen LogP contribution in [0.25, 0.3) is 0 Å². The van der Waals surface area contributed by atoms with Crippen LogP contribution in [0, 0.1) is 6.92 Å². The molecule has 0 fully saturated rings. The standard InChI is InChI=1S/C20H23IN6O3S/c1-14-10-23-20(27-19(14)25-17(9-21)13-28)26-16-5-2-6-18(8-16)31(29,30)24-12-15-4-3-7-22-11-15/h2-8,10-11,17,24,28H,9,12-13H2,1H3,(H2,23,25,26,27)/t17-/m1/s1. The third-order valence-electron chi connectivity index (χ3n) is 4.31. The molecule has 31 heavy (non-hydrogen) atoms. The lowest BCUT2D eigenvalue weighted by Gasteiger charge is -2.16. The Bertz CT molecular complexity index is 1110. The zero-order chi connectivity index (χ0) is 22.3. The van der Waals surface area contributed by atoms with Crippen LogP contribution in [0.15, 0.2) is 59.9 Å². The molecule has 0 aliphatic carbocycles. The summed E-state index contributed by atoms with van der Waals surface area (Å²) in [4.78, 5) is 12.8. The van der Waals surface area contributed by atoms with E-state index in [2.05, 4.69) is 52.9 Å². The van der Waals surface area contributed by atoms with Crippen molar-refractivity contribution in [1.29, 1.82) is 0 Å². The van der Waals surface area contributed by atoms with Crippen molar-refractivity contribution >= 4 is 50.1 Å². The first-order valence-corrected chi connectivity index (χ1v) is 12.4. The smallest absolute Gasteiger partial charge is 0.240 e. The summed E-state index contributed by atoms with van der Waals surface area (Å²) < 4.78 is 28.6. The lowest BCUT2D eigenvalue weighted by Crippen LogP contribution is -2.26. The van der Waals surface area contributed by atoms with Crippen molar-refractivity contribution in [3.05, 3.63) is 66.1 Å². The number of anilines is 3. The van der Waals surface area contributed by atoms with Crippen LogP contribution >= 0.6 is 22.6 Å². The Morgan fingerprint density at radius 1 is 1.19 bits per heavy atom. The predicted molar refractivity (Wildman–Crippen MR) is 128 cm³/mol. The number of aliphatic hydroxyl groups excluding tert-OH is 1. The van der Waals surface area contributed by atoms with Gasteiger partial charge < -0.3 is 15.7 Å². The maximum Gasteiger partial charge on any atom is 0.240 e. The first-order valence-electron chi connectivity index (χ1n) is 9.44. The van der Waals surface area contributed by atoms with Gasteiger partial charge in [-0.25, -0.2) is 18.1 Å². The van der Waals surface area contributed by atoms with Gasteiger partial charge in [0.15, 0.2) is 0 Å². The van der Waals surface area contributed by atoms with Gasteiger partial charge in [-0.05, 0) is 36.8 Å². The van der Waals surface area contributed by atoms with Crippen LogP contribution in [0.2, 0.25) is 0 Å². The second-order valence-corrected chi connectivity index (χ2v) is 9.39. The summed E-state index contributed by atoms with van der Waals surface area (Å²) in [5.74, 6) is 0.922. The van der Waals surface area contributed by atoms with E-state index in [4.69, 9.17) is 0 Å². The van der Waals surface area contributed by atoms with Gasteiger partial charge in [-0.3, -0.25) is 4.98 Å². The Kier molecular flexibility index (Phi) is 8.12. The van der Waals surface area contributed by atoms with Crippen LogP contribution in [-0.4, -0.2) is 45.6 Å². The van der Waals surface area contributed by atoms with Crippen molar-refractivity contribution in [2.75, 3.05) is 21.7 Å². The van der Waals surface area contributed by atoms with Gasteiger partial charge in [-0.15, -0.1) is 0 Å². The second-order valence-electron chi connectivity index (χ2n) is 6.74. The number of nitrogens with one attached hydrogen (secondary N) is 3. The third-order valence-corrected chi connectivity index (χ3v) is 6.77. The fourth-order valence-corrected chi connectivity index (χ4v) is 4.17. The summed E-state index contributed by atoms with van der Waals surface area (Å²) in [7, 11) is -3.71. The number of hydrogen-bond acceptors (Lipinski definition) is 8. The van der Waals surface area contributed by atoms with Crippen LogP contribution in [-0.2, 0) is 16.6 Å². The highest BCUT2D eigenvalue weighted by Gasteiger charge is 2.15. The van der Waals surface area contributed by atoms with E-state index in [0.717, 1.165) is 11.1 Å². The largest absolute Gasteiger partial charge is 0.394 e. The Hall–Kier alpha value is -2.35. The first-order chi connectivity index (χ1) is 14.9. The van der Waals surface area contributed by atoms with Crippen LogP contribution in [0.4, 0.5) is 17.5 Å². The van der Waals surface area contributed by atoms with Gasteiger partial charge in [0.2, 0.25) is 16.0 Å². The second kappa shape index (κ2) is 10.8. The van der Waals surface area contributed by atoms with E-state index in [1.54, 1.807) is 42.9 Å². The van der Waals surface area contributed by atoms with Gasteiger partial charge >= 0.3 is 0 Å². The average Bonchev–Trinajstić information content (AvgIpc) is 2.79. The van der Waals surface area contributed by atoms with Gasteiger partial charge in [-0.2, -0.15) is 4.98 Å². The van der Waals surface area contributed by atoms with E-state index in [1.165, 1.54) is 12.1 Å². The molecule has 0 saturated heterocycles. The zero-order valence-corrected chi connectivity index (χ0v) is 19.8. The maximum absolute atomic E-state index is 12.7. The number of pyridine rings is 1. The maximum atomic E-state index is 12.7. The molecule has 3 aromatic rings. The number of aromatic nitrogens is 3. The Balaban J connectivity index is 1.74. The molecule has 1 atom stereocenters. The number of aliphatic hydroxyl groups is 1. The number of nitrogens with zero attached hydrogens (tertiary/aromatic N) is 3. The number of alkyl halides is 1. The van der Waals surface area contributed by atoms with Gasteiger partial charge in [0, 0.05) is 40.8 Å². The van der Waals surface area contributed by atoms with E-state index in [0.29, 0.717) is 21.9 Å². The lowest BCUT2D eigenvalue weighted by molar-refractivity contribution is 0.284. The van der Waals surface area contributed by atoms with E-state index >= 15 is 0 Å². The van der Waals surface area contributed by atoms with Crippen LogP contribution < -0.4 is 15.4 Å². The van der Waals surface area contributed by atoms with Gasteiger partial charge in [0.25, 0.3) is 0 Å². The van der Waals surface area contributed by atoms with E-state index in [1.807, 2.05) is 6.92 Å². The highest BCUT2D eigenvalue weighted by molar-refractivity contribution is 14.1. The molecule has 0 bridgehead atoms. The molecule has 0 unspecified atom stereocenters. The topological polar surface area (TPSA) is 129 Å². The highest BCUT2D eigenvalue weighted by Crippen LogP contribution is 2.21. The molecular weight excluding hydrogens is 531 g/mol. The Morgan fingerprint density at radius 2 is 2.03 bits per heavy atom. The minimum Gasteiger partial charge on any atom is -0.394 e. The molecule has 4 N–H and O–H groups in total. The molecule has 164 valence electrons. The molecule has 0 amide bonds. The third kappa shape index (κ3) is 6.56. The summed E-state index contributed by atoms with van der Waals surface area (Å²) in [5.41, 5.74) is 2.14. The van der Waals surface area contributed by atoms with Crippen molar-refractivity contribution < 1.29 is 13.5 Å². The number of benzene rings is 1. The minimum atomic E-state index is -3.71. The normalized spacial score (nSPS) is 12.4. The average molecular weight is 554 g/mol. The Labute approximate surface area is 194 Å². The molecule has 0 aliphatic heterocycles. The van der Waals surface area contributed by atoms with Gasteiger partial charge in [-0.1, -0.05) is 34.7 Å². The van der Waals surface area contributed by atoms with Crippen molar-refractivity contribution in [1.82, 2.24) is 19.7 Å². The fraction of sp³-hybridized carbons (Fsp3) is 0.250. The monoisotopic (exact) mass is 554 g/mol. The molecule has 3 rings (SSSR count). The van der Waals surface area contributed by atoms with Gasteiger partial charge in [0.05, 0.1) is 17.5 Å². The quantitative estimate of drug-likeness (QED) is 0.223. The van der Waals surface area contributed by atoms with Crippen molar-refractivity contribution in [2.24, 2.45) is 0 Å². The summed E-state index contributed by atoms with van der Waals surface area (Å²) in [6, 6.07) is 9.84.